The van der Waals surface area contributed by atoms with Gasteiger partial charge in [0, 0.05) is 23.3 Å². The Morgan fingerprint density at radius 2 is 1.67 bits per heavy atom. The molecule has 0 heterocycles. The van der Waals surface area contributed by atoms with Crippen LogP contribution in [-0.4, -0.2) is 4.92 Å². The summed E-state index contributed by atoms with van der Waals surface area (Å²) in [6.07, 6.45) is 0. The summed E-state index contributed by atoms with van der Waals surface area (Å²) < 4.78 is -1.22. The van der Waals surface area contributed by atoms with E-state index in [1.807, 2.05) is 24.3 Å². The van der Waals surface area contributed by atoms with E-state index in [0.29, 0.717) is 5.56 Å². The monoisotopic (exact) mass is 279 g/mol. The van der Waals surface area contributed by atoms with Crippen molar-refractivity contribution in [2.24, 2.45) is 0 Å². The lowest BCUT2D eigenvalue weighted by atomic mass is 10.1. The van der Waals surface area contributed by atoms with Gasteiger partial charge < -0.3 is 0 Å². The van der Waals surface area contributed by atoms with Crippen molar-refractivity contribution in [1.29, 1.82) is 0 Å². The number of benzene rings is 2. The van der Waals surface area contributed by atoms with E-state index in [4.69, 9.17) is 23.2 Å². The molecule has 0 saturated carbocycles. The van der Waals surface area contributed by atoms with Crippen LogP contribution in [0, 0.1) is 10.1 Å². The zero-order valence-electron chi connectivity index (χ0n) is 9.06. The van der Waals surface area contributed by atoms with Crippen molar-refractivity contribution in [3.8, 4) is 11.1 Å². The third-order valence-corrected chi connectivity index (χ3v) is 3.92. The van der Waals surface area contributed by atoms with Gasteiger partial charge in [0.1, 0.15) is 0 Å². The Morgan fingerprint density at radius 1 is 1.00 bits per heavy atom. The summed E-state index contributed by atoms with van der Waals surface area (Å²) in [4.78, 5) is 10.4. The molecule has 0 atom stereocenters. The van der Waals surface area contributed by atoms with Crippen LogP contribution in [0.1, 0.15) is 11.1 Å². The molecule has 5 heteroatoms. The molecule has 2 aromatic carbocycles. The second kappa shape index (κ2) is 3.70. The molecular formula is C13H7Cl2NO2. The SMILES string of the molecule is O=[N+]([O-])c1ccc2c(c1)C(Cl)(Cl)c1ccccc1-2. The molecule has 90 valence electrons. The van der Waals surface area contributed by atoms with Gasteiger partial charge in [0.2, 0.25) is 0 Å². The molecule has 0 spiro atoms. The summed E-state index contributed by atoms with van der Waals surface area (Å²) >= 11 is 12.7. The van der Waals surface area contributed by atoms with Crippen LogP contribution in [0.3, 0.4) is 0 Å². The second-order valence-electron chi connectivity index (χ2n) is 4.11. The molecule has 0 amide bonds. The third kappa shape index (κ3) is 1.44. The highest BCUT2D eigenvalue weighted by atomic mass is 35.5. The molecule has 0 unspecified atom stereocenters. The summed E-state index contributed by atoms with van der Waals surface area (Å²) in [6.45, 7) is 0. The molecule has 0 bridgehead atoms. The van der Waals surface area contributed by atoms with E-state index >= 15 is 0 Å². The van der Waals surface area contributed by atoms with Gasteiger partial charge in [-0.3, -0.25) is 10.1 Å². The minimum atomic E-state index is -1.22. The molecule has 2 aromatic rings. The Hall–Kier alpha value is -1.58. The summed E-state index contributed by atoms with van der Waals surface area (Å²) in [5.74, 6) is 0. The van der Waals surface area contributed by atoms with E-state index in [2.05, 4.69) is 0 Å². The van der Waals surface area contributed by atoms with Crippen LogP contribution in [-0.2, 0) is 4.33 Å². The largest absolute Gasteiger partial charge is 0.269 e. The van der Waals surface area contributed by atoms with Crippen LogP contribution >= 0.6 is 23.2 Å². The van der Waals surface area contributed by atoms with Gasteiger partial charge in [-0.1, -0.05) is 47.5 Å². The fourth-order valence-electron chi connectivity index (χ4n) is 2.28. The first-order chi connectivity index (χ1) is 8.51. The summed E-state index contributed by atoms with van der Waals surface area (Å²) in [5, 5.41) is 10.8. The van der Waals surface area contributed by atoms with E-state index in [9.17, 15) is 10.1 Å². The summed E-state index contributed by atoms with van der Waals surface area (Å²) in [6, 6.07) is 12.1. The lowest BCUT2D eigenvalue weighted by molar-refractivity contribution is -0.384. The number of rotatable bonds is 1. The zero-order chi connectivity index (χ0) is 12.9. The number of nitrogens with zero attached hydrogens (tertiary/aromatic N) is 1. The van der Waals surface area contributed by atoms with Crippen LogP contribution in [0.4, 0.5) is 5.69 Å². The van der Waals surface area contributed by atoms with E-state index < -0.39 is 9.26 Å². The Balaban J connectivity index is 2.31. The van der Waals surface area contributed by atoms with Crippen molar-refractivity contribution in [3.63, 3.8) is 0 Å². The summed E-state index contributed by atoms with van der Waals surface area (Å²) in [5.41, 5.74) is 3.10. The van der Waals surface area contributed by atoms with Crippen molar-refractivity contribution in [2.75, 3.05) is 0 Å². The summed E-state index contributed by atoms with van der Waals surface area (Å²) in [7, 11) is 0. The van der Waals surface area contributed by atoms with Gasteiger partial charge in [-0.05, 0) is 17.2 Å². The molecule has 3 nitrogen and oxygen atoms in total. The average molecular weight is 280 g/mol. The molecular weight excluding hydrogens is 273 g/mol. The van der Waals surface area contributed by atoms with Crippen LogP contribution in [0.2, 0.25) is 0 Å². The number of nitro groups is 1. The van der Waals surface area contributed by atoms with Crippen LogP contribution in [0.15, 0.2) is 42.5 Å². The van der Waals surface area contributed by atoms with Crippen molar-refractivity contribution in [1.82, 2.24) is 0 Å². The Morgan fingerprint density at radius 3 is 2.39 bits per heavy atom. The fraction of sp³-hybridized carbons (Fsp3) is 0.0769. The van der Waals surface area contributed by atoms with Gasteiger partial charge in [-0.2, -0.15) is 0 Å². The van der Waals surface area contributed by atoms with E-state index in [1.165, 1.54) is 12.1 Å². The zero-order valence-corrected chi connectivity index (χ0v) is 10.6. The standard InChI is InChI=1S/C13H7Cl2NO2/c14-13(15)11-4-2-1-3-9(11)10-6-5-8(16(17)18)7-12(10)13/h1-7H. The number of fused-ring (bicyclic) bond motifs is 3. The minimum Gasteiger partial charge on any atom is -0.258 e. The molecule has 1 aliphatic carbocycles. The first kappa shape index (κ1) is 11.5. The van der Waals surface area contributed by atoms with Crippen molar-refractivity contribution in [2.45, 2.75) is 4.33 Å². The number of hydrogen-bond donors (Lipinski definition) is 0. The quantitative estimate of drug-likeness (QED) is 0.445. The predicted molar refractivity (Wildman–Crippen MR) is 71.0 cm³/mol. The molecule has 0 N–H and O–H groups in total. The van der Waals surface area contributed by atoms with Crippen LogP contribution < -0.4 is 0 Å². The first-order valence-electron chi connectivity index (χ1n) is 5.28. The second-order valence-corrected chi connectivity index (χ2v) is 5.43. The lowest BCUT2D eigenvalue weighted by Crippen LogP contribution is -2.07. The van der Waals surface area contributed by atoms with Gasteiger partial charge in [0.05, 0.1) is 4.92 Å². The van der Waals surface area contributed by atoms with E-state index in [-0.39, 0.29) is 5.69 Å². The highest BCUT2D eigenvalue weighted by molar-refractivity contribution is 6.51. The minimum absolute atomic E-state index is 0.00719. The van der Waals surface area contributed by atoms with Gasteiger partial charge in [0.15, 0.2) is 4.33 Å². The number of alkyl halides is 2. The van der Waals surface area contributed by atoms with Gasteiger partial charge >= 0.3 is 0 Å². The maximum atomic E-state index is 10.8. The highest BCUT2D eigenvalue weighted by Gasteiger charge is 2.40. The topological polar surface area (TPSA) is 43.1 Å². The van der Waals surface area contributed by atoms with E-state index in [0.717, 1.165) is 16.7 Å². The van der Waals surface area contributed by atoms with E-state index in [1.54, 1.807) is 6.07 Å². The molecule has 3 rings (SSSR count). The Labute approximate surface area is 113 Å². The van der Waals surface area contributed by atoms with Crippen molar-refractivity contribution >= 4 is 28.9 Å². The number of non-ortho nitro benzene ring substituents is 1. The maximum Gasteiger partial charge on any atom is 0.269 e. The molecule has 0 radical (unpaired) electrons. The number of hydrogen-bond acceptors (Lipinski definition) is 2. The molecule has 0 aromatic heterocycles. The average Bonchev–Trinajstić information content (AvgIpc) is 2.59. The molecule has 0 fully saturated rings. The third-order valence-electron chi connectivity index (χ3n) is 3.11. The maximum absolute atomic E-state index is 10.8. The van der Waals surface area contributed by atoms with Crippen LogP contribution in [0.5, 0.6) is 0 Å². The smallest absolute Gasteiger partial charge is 0.258 e. The molecule has 18 heavy (non-hydrogen) atoms. The first-order valence-corrected chi connectivity index (χ1v) is 6.04. The molecule has 0 aliphatic heterocycles. The molecule has 1 aliphatic rings. The Bertz CT molecular complexity index is 668. The fourth-order valence-corrected chi connectivity index (χ4v) is 2.92. The van der Waals surface area contributed by atoms with Gasteiger partial charge in [-0.15, -0.1) is 0 Å². The number of halogens is 2. The lowest BCUT2D eigenvalue weighted by Gasteiger charge is -2.15. The number of nitro benzene ring substituents is 1. The van der Waals surface area contributed by atoms with Gasteiger partial charge in [0.25, 0.3) is 5.69 Å². The van der Waals surface area contributed by atoms with Crippen molar-refractivity contribution < 1.29 is 4.92 Å². The normalized spacial score (nSPS) is 15.0. The molecule has 0 saturated heterocycles. The van der Waals surface area contributed by atoms with Crippen molar-refractivity contribution in [3.05, 3.63) is 63.7 Å². The van der Waals surface area contributed by atoms with Gasteiger partial charge in [-0.25, -0.2) is 0 Å². The highest BCUT2D eigenvalue weighted by Crippen LogP contribution is 2.54. The Kier molecular flexibility index (Phi) is 2.37. The van der Waals surface area contributed by atoms with Crippen LogP contribution in [0.25, 0.3) is 11.1 Å². The predicted octanol–water partition coefficient (Wildman–Crippen LogP) is 4.25.